The third-order valence-electron chi connectivity index (χ3n) is 6.14. The normalized spacial score (nSPS) is 14.6. The molecule has 5 nitrogen and oxygen atoms in total. The van der Waals surface area contributed by atoms with Gasteiger partial charge in [0.05, 0.1) is 14.2 Å². The lowest BCUT2D eigenvalue weighted by Gasteiger charge is -2.35. The van der Waals surface area contributed by atoms with Crippen molar-refractivity contribution in [3.05, 3.63) is 59.2 Å². The lowest BCUT2D eigenvalue weighted by Crippen LogP contribution is -2.36. The SMILES string of the molecule is C.C.CN.COc1cccc(C(C=O)C2CCN(CCCc3ccc(C)cc3)CC2)c1OC. The minimum Gasteiger partial charge on any atom is -0.493 e. The predicted molar refractivity (Wildman–Crippen MR) is 141 cm³/mol. The zero-order valence-corrected chi connectivity index (χ0v) is 19.5. The van der Waals surface area contributed by atoms with Gasteiger partial charge in [-0.05, 0) is 76.8 Å². The number of piperidine rings is 1. The molecule has 186 valence electrons. The molecule has 1 aliphatic heterocycles. The van der Waals surface area contributed by atoms with E-state index in [0.29, 0.717) is 17.4 Å². The number of carbonyl (C=O) groups excluding carboxylic acids is 1. The zero-order chi connectivity index (χ0) is 22.6. The Morgan fingerprint density at radius 3 is 2.21 bits per heavy atom. The first-order valence-corrected chi connectivity index (χ1v) is 11.2. The van der Waals surface area contributed by atoms with Crippen molar-refractivity contribution in [1.82, 2.24) is 4.90 Å². The third-order valence-corrected chi connectivity index (χ3v) is 6.14. The number of rotatable bonds is 9. The second-order valence-electron chi connectivity index (χ2n) is 8.01. The van der Waals surface area contributed by atoms with Crippen molar-refractivity contribution >= 4 is 6.29 Å². The molecule has 1 heterocycles. The second kappa shape index (κ2) is 16.3. The first-order chi connectivity index (χ1) is 15.2. The molecular formula is C28H46N2O3. The largest absolute Gasteiger partial charge is 0.493 e. The molecule has 2 N–H and O–H groups in total. The number of hydrogen-bond acceptors (Lipinski definition) is 5. The van der Waals surface area contributed by atoms with Gasteiger partial charge in [0.15, 0.2) is 11.5 Å². The molecule has 2 aromatic carbocycles. The fourth-order valence-corrected chi connectivity index (χ4v) is 4.41. The topological polar surface area (TPSA) is 64.8 Å². The Morgan fingerprint density at radius 2 is 1.67 bits per heavy atom. The van der Waals surface area contributed by atoms with Crippen molar-refractivity contribution in [2.24, 2.45) is 11.7 Å². The van der Waals surface area contributed by atoms with Gasteiger partial charge in [-0.2, -0.15) is 0 Å². The summed E-state index contributed by atoms with van der Waals surface area (Å²) in [5.74, 6) is 1.58. The van der Waals surface area contributed by atoms with Crippen LogP contribution in [0.2, 0.25) is 0 Å². The summed E-state index contributed by atoms with van der Waals surface area (Å²) in [4.78, 5) is 14.5. The highest BCUT2D eigenvalue weighted by atomic mass is 16.5. The summed E-state index contributed by atoms with van der Waals surface area (Å²) in [5, 5.41) is 0. The number of ether oxygens (including phenoxy) is 2. The minimum absolute atomic E-state index is 0. The molecule has 0 aromatic heterocycles. The number of carbonyl (C=O) groups is 1. The highest BCUT2D eigenvalue weighted by Gasteiger charge is 2.30. The first-order valence-electron chi connectivity index (χ1n) is 11.2. The van der Waals surface area contributed by atoms with Crippen molar-refractivity contribution in [1.29, 1.82) is 0 Å². The van der Waals surface area contributed by atoms with Crippen LogP contribution in [-0.2, 0) is 11.2 Å². The average molecular weight is 459 g/mol. The molecule has 2 aromatic rings. The Labute approximate surface area is 202 Å². The Hall–Kier alpha value is -2.37. The smallest absolute Gasteiger partial charge is 0.164 e. The molecule has 1 saturated heterocycles. The number of hydrogen-bond donors (Lipinski definition) is 1. The summed E-state index contributed by atoms with van der Waals surface area (Å²) in [6, 6.07) is 14.7. The zero-order valence-electron chi connectivity index (χ0n) is 19.5. The fourth-order valence-electron chi connectivity index (χ4n) is 4.41. The van der Waals surface area contributed by atoms with Gasteiger partial charge in [-0.3, -0.25) is 0 Å². The van der Waals surface area contributed by atoms with E-state index in [1.165, 1.54) is 24.6 Å². The minimum atomic E-state index is -0.144. The molecule has 5 heteroatoms. The predicted octanol–water partition coefficient (Wildman–Crippen LogP) is 5.49. The number of likely N-dealkylation sites (tertiary alicyclic amines) is 1. The monoisotopic (exact) mass is 458 g/mol. The summed E-state index contributed by atoms with van der Waals surface area (Å²) in [6.07, 6.45) is 5.46. The molecule has 0 radical (unpaired) electrons. The van der Waals surface area contributed by atoms with Crippen LogP contribution in [0.1, 0.15) is 56.7 Å². The Bertz CT molecular complexity index is 784. The summed E-state index contributed by atoms with van der Waals surface area (Å²) in [5.41, 5.74) is 8.17. The Morgan fingerprint density at radius 1 is 1.03 bits per heavy atom. The van der Waals surface area contributed by atoms with Crippen LogP contribution < -0.4 is 15.2 Å². The van der Waals surface area contributed by atoms with E-state index in [1.807, 2.05) is 18.2 Å². The number of methoxy groups -OCH3 is 2. The van der Waals surface area contributed by atoms with Crippen LogP contribution in [0.25, 0.3) is 0 Å². The van der Waals surface area contributed by atoms with Gasteiger partial charge in [-0.15, -0.1) is 0 Å². The van der Waals surface area contributed by atoms with Crippen molar-refractivity contribution in [3.63, 3.8) is 0 Å². The van der Waals surface area contributed by atoms with Gasteiger partial charge in [0.1, 0.15) is 6.29 Å². The quantitative estimate of drug-likeness (QED) is 0.504. The van der Waals surface area contributed by atoms with E-state index in [1.54, 1.807) is 14.2 Å². The maximum atomic E-state index is 12.0. The van der Waals surface area contributed by atoms with Crippen molar-refractivity contribution < 1.29 is 14.3 Å². The molecule has 1 fully saturated rings. The first kappa shape index (κ1) is 30.6. The van der Waals surface area contributed by atoms with Crippen LogP contribution >= 0.6 is 0 Å². The Kier molecular flexibility index (Phi) is 15.1. The van der Waals surface area contributed by atoms with Gasteiger partial charge in [-0.1, -0.05) is 56.8 Å². The molecule has 0 aliphatic carbocycles. The highest BCUT2D eigenvalue weighted by Crippen LogP contribution is 2.40. The van der Waals surface area contributed by atoms with Crippen LogP contribution in [0.3, 0.4) is 0 Å². The summed E-state index contributed by atoms with van der Waals surface area (Å²) >= 11 is 0. The molecule has 1 unspecified atom stereocenters. The highest BCUT2D eigenvalue weighted by molar-refractivity contribution is 5.67. The average Bonchev–Trinajstić information content (AvgIpc) is 2.83. The molecule has 0 spiro atoms. The van der Waals surface area contributed by atoms with E-state index in [2.05, 4.69) is 41.8 Å². The lowest BCUT2D eigenvalue weighted by molar-refractivity contribution is -0.110. The van der Waals surface area contributed by atoms with Gasteiger partial charge in [-0.25, -0.2) is 0 Å². The van der Waals surface area contributed by atoms with Gasteiger partial charge in [0, 0.05) is 11.5 Å². The lowest BCUT2D eigenvalue weighted by atomic mass is 9.80. The molecule has 0 saturated carbocycles. The van der Waals surface area contributed by atoms with Gasteiger partial charge in [0.2, 0.25) is 0 Å². The number of nitrogens with two attached hydrogens (primary N) is 1. The fraction of sp³-hybridized carbons (Fsp3) is 0.536. The van der Waals surface area contributed by atoms with E-state index < -0.39 is 0 Å². The molecule has 0 amide bonds. The third kappa shape index (κ3) is 8.49. The van der Waals surface area contributed by atoms with E-state index >= 15 is 0 Å². The maximum absolute atomic E-state index is 12.0. The van der Waals surface area contributed by atoms with Crippen LogP contribution in [0, 0.1) is 12.8 Å². The number of aryl methyl sites for hydroxylation is 2. The second-order valence-corrected chi connectivity index (χ2v) is 8.01. The number of aldehydes is 1. The maximum Gasteiger partial charge on any atom is 0.164 e. The summed E-state index contributed by atoms with van der Waals surface area (Å²) < 4.78 is 11.0. The van der Waals surface area contributed by atoms with E-state index in [9.17, 15) is 4.79 Å². The van der Waals surface area contributed by atoms with Crippen LogP contribution in [-0.4, -0.2) is 52.1 Å². The van der Waals surface area contributed by atoms with Crippen LogP contribution in [0.4, 0.5) is 0 Å². The van der Waals surface area contributed by atoms with Gasteiger partial charge >= 0.3 is 0 Å². The Balaban J connectivity index is 0.00000249. The van der Waals surface area contributed by atoms with Crippen molar-refractivity contribution in [2.45, 2.75) is 53.4 Å². The molecular weight excluding hydrogens is 412 g/mol. The molecule has 1 aliphatic rings. The standard InChI is InChI=1S/C25H33NO3.CH5N.2CH4/c1-19-9-11-20(12-10-19)6-5-15-26-16-13-21(14-17-26)23(18-27)22-7-4-8-24(28-2)25(22)29-3;1-2;;/h4,7-12,18,21,23H,5-6,13-17H2,1-3H3;2H2,1H3;2*1H4. The van der Waals surface area contributed by atoms with E-state index in [4.69, 9.17) is 9.47 Å². The van der Waals surface area contributed by atoms with E-state index in [0.717, 1.165) is 50.7 Å². The van der Waals surface area contributed by atoms with Crippen molar-refractivity contribution in [2.75, 3.05) is 40.9 Å². The van der Waals surface area contributed by atoms with Gasteiger partial charge in [0.25, 0.3) is 0 Å². The van der Waals surface area contributed by atoms with Gasteiger partial charge < -0.3 is 24.9 Å². The van der Waals surface area contributed by atoms with Crippen LogP contribution in [0.15, 0.2) is 42.5 Å². The molecule has 3 rings (SSSR count). The number of para-hydroxylation sites is 1. The molecule has 1 atom stereocenters. The number of nitrogens with zero attached hydrogens (tertiary/aromatic N) is 1. The summed E-state index contributed by atoms with van der Waals surface area (Å²) in [6.45, 7) is 5.35. The summed E-state index contributed by atoms with van der Waals surface area (Å²) in [7, 11) is 4.77. The van der Waals surface area contributed by atoms with E-state index in [-0.39, 0.29) is 20.8 Å². The van der Waals surface area contributed by atoms with Crippen molar-refractivity contribution in [3.8, 4) is 11.5 Å². The molecule has 0 bridgehead atoms. The van der Waals surface area contributed by atoms with Crippen LogP contribution in [0.5, 0.6) is 11.5 Å². The number of benzene rings is 2. The molecule has 33 heavy (non-hydrogen) atoms.